The summed E-state index contributed by atoms with van der Waals surface area (Å²) in [6, 6.07) is 8.09. The first-order valence-corrected chi connectivity index (χ1v) is 4.80. The van der Waals surface area contributed by atoms with Crippen LogP contribution in [0.1, 0.15) is 25.1 Å². The number of hydrogen-bond acceptors (Lipinski definition) is 1. The number of rotatable bonds is 1. The lowest BCUT2D eigenvalue weighted by molar-refractivity contribution is 0.0740. The largest absolute Gasteiger partial charge is 0.384 e. The smallest absolute Gasteiger partial charge is 0.0990 e. The van der Waals surface area contributed by atoms with Crippen LogP contribution >= 0.6 is 0 Å². The Kier molecular flexibility index (Phi) is 1.89. The number of para-hydroxylation sites is 1. The highest BCUT2D eigenvalue weighted by atomic mass is 16.3. The Morgan fingerprint density at radius 1 is 1.21 bits per heavy atom. The molecule has 2 heteroatoms. The van der Waals surface area contributed by atoms with Gasteiger partial charge in [0.05, 0.1) is 11.3 Å². The van der Waals surface area contributed by atoms with Gasteiger partial charge in [0.1, 0.15) is 0 Å². The molecule has 0 amide bonds. The minimum absolute atomic E-state index is 0.802. The molecule has 14 heavy (non-hydrogen) atoms. The Hall–Kier alpha value is -1.28. The molecule has 0 atom stereocenters. The molecule has 0 fully saturated rings. The Balaban J connectivity index is 2.75. The van der Waals surface area contributed by atoms with Crippen molar-refractivity contribution in [1.29, 1.82) is 0 Å². The van der Waals surface area contributed by atoms with E-state index in [2.05, 4.69) is 11.1 Å². The second kappa shape index (κ2) is 2.85. The highest BCUT2D eigenvalue weighted by Gasteiger charge is 2.21. The molecular weight excluding hydrogens is 174 g/mol. The van der Waals surface area contributed by atoms with E-state index in [0.29, 0.717) is 0 Å². The molecule has 0 saturated carbocycles. The summed E-state index contributed by atoms with van der Waals surface area (Å²) in [4.78, 5) is 3.25. The van der Waals surface area contributed by atoms with E-state index in [1.807, 2.05) is 25.1 Å². The fourth-order valence-corrected chi connectivity index (χ4v) is 1.89. The van der Waals surface area contributed by atoms with Crippen LogP contribution in [0.4, 0.5) is 0 Å². The normalized spacial score (nSPS) is 12.3. The molecule has 2 N–H and O–H groups in total. The zero-order valence-corrected chi connectivity index (χ0v) is 8.76. The Bertz CT molecular complexity index is 463. The number of benzene rings is 1. The predicted molar refractivity (Wildman–Crippen MR) is 58.3 cm³/mol. The lowest BCUT2D eigenvalue weighted by Gasteiger charge is -2.16. The summed E-state index contributed by atoms with van der Waals surface area (Å²) in [6.07, 6.45) is 0. The Morgan fingerprint density at radius 2 is 1.86 bits per heavy atom. The third kappa shape index (κ3) is 1.32. The molecule has 0 unspecified atom stereocenters. The molecule has 2 nitrogen and oxygen atoms in total. The van der Waals surface area contributed by atoms with Crippen molar-refractivity contribution in [2.75, 3.05) is 0 Å². The summed E-state index contributed by atoms with van der Waals surface area (Å²) >= 11 is 0. The van der Waals surface area contributed by atoms with Crippen molar-refractivity contribution in [3.8, 4) is 0 Å². The molecule has 0 saturated heterocycles. The molecule has 0 radical (unpaired) electrons. The van der Waals surface area contributed by atoms with Gasteiger partial charge in [-0.15, -0.1) is 0 Å². The number of H-pyrrole nitrogens is 1. The molecule has 1 aromatic heterocycles. The van der Waals surface area contributed by atoms with Crippen LogP contribution in [0.3, 0.4) is 0 Å². The van der Waals surface area contributed by atoms with Gasteiger partial charge in [-0.1, -0.05) is 18.2 Å². The summed E-state index contributed by atoms with van der Waals surface area (Å²) in [5, 5.41) is 11.1. The molecule has 0 aliphatic carbocycles. The minimum Gasteiger partial charge on any atom is -0.384 e. The lowest BCUT2D eigenvalue weighted by Crippen LogP contribution is -2.17. The van der Waals surface area contributed by atoms with E-state index in [4.69, 9.17) is 0 Å². The topological polar surface area (TPSA) is 36.0 Å². The van der Waals surface area contributed by atoms with E-state index < -0.39 is 5.60 Å². The van der Waals surface area contributed by atoms with E-state index in [9.17, 15) is 5.11 Å². The molecule has 0 aliphatic heterocycles. The van der Waals surface area contributed by atoms with Crippen molar-refractivity contribution < 1.29 is 5.11 Å². The van der Waals surface area contributed by atoms with Crippen molar-refractivity contribution in [1.82, 2.24) is 4.98 Å². The van der Waals surface area contributed by atoms with Crippen LogP contribution in [0, 0.1) is 6.92 Å². The quantitative estimate of drug-likeness (QED) is 0.711. The van der Waals surface area contributed by atoms with Gasteiger partial charge in [0.15, 0.2) is 0 Å². The summed E-state index contributed by atoms with van der Waals surface area (Å²) in [6.45, 7) is 5.63. The van der Waals surface area contributed by atoms with Gasteiger partial charge < -0.3 is 10.1 Å². The number of fused-ring (bicyclic) bond motifs is 1. The first-order valence-electron chi connectivity index (χ1n) is 4.80. The molecule has 0 bridgehead atoms. The highest BCUT2D eigenvalue weighted by Crippen LogP contribution is 2.28. The van der Waals surface area contributed by atoms with E-state index in [1.165, 1.54) is 5.39 Å². The highest BCUT2D eigenvalue weighted by molar-refractivity contribution is 5.84. The van der Waals surface area contributed by atoms with Gasteiger partial charge in [0.25, 0.3) is 0 Å². The number of aromatic amines is 1. The molecular formula is C12H15NO. The van der Waals surface area contributed by atoms with Gasteiger partial charge in [-0.25, -0.2) is 0 Å². The molecule has 1 heterocycles. The van der Waals surface area contributed by atoms with Crippen LogP contribution in [0.2, 0.25) is 0 Å². The maximum Gasteiger partial charge on any atom is 0.0990 e. The second-order valence-electron chi connectivity index (χ2n) is 4.23. The lowest BCUT2D eigenvalue weighted by atomic mass is 10.0. The average Bonchev–Trinajstić information content (AvgIpc) is 2.44. The summed E-state index contributed by atoms with van der Waals surface area (Å²) in [5.74, 6) is 0. The van der Waals surface area contributed by atoms with Crippen molar-refractivity contribution >= 4 is 10.9 Å². The van der Waals surface area contributed by atoms with Crippen LogP contribution in [0.15, 0.2) is 24.3 Å². The maximum absolute atomic E-state index is 9.94. The number of nitrogens with one attached hydrogen (secondary N) is 1. The molecule has 2 aromatic rings. The standard InChI is InChI=1S/C12H15NO/c1-8-9-6-4-5-7-10(9)13-11(8)12(2,3)14/h4-7,13-14H,1-3H3. The monoisotopic (exact) mass is 189 g/mol. The van der Waals surface area contributed by atoms with E-state index in [-0.39, 0.29) is 0 Å². The van der Waals surface area contributed by atoms with E-state index in [0.717, 1.165) is 16.8 Å². The van der Waals surface area contributed by atoms with E-state index in [1.54, 1.807) is 13.8 Å². The van der Waals surface area contributed by atoms with Crippen molar-refractivity contribution in [2.24, 2.45) is 0 Å². The molecule has 1 aromatic carbocycles. The summed E-state index contributed by atoms with van der Waals surface area (Å²) in [5.41, 5.74) is 2.32. The predicted octanol–water partition coefficient (Wildman–Crippen LogP) is 2.70. The van der Waals surface area contributed by atoms with E-state index >= 15 is 0 Å². The van der Waals surface area contributed by atoms with Gasteiger partial charge in [0.2, 0.25) is 0 Å². The fourth-order valence-electron chi connectivity index (χ4n) is 1.89. The van der Waals surface area contributed by atoms with Crippen LogP contribution in [0.25, 0.3) is 10.9 Å². The van der Waals surface area contributed by atoms with Crippen LogP contribution in [-0.2, 0) is 5.60 Å². The first kappa shape index (κ1) is 9.28. The van der Waals surface area contributed by atoms with Crippen LogP contribution < -0.4 is 0 Å². The SMILES string of the molecule is Cc1c(C(C)(C)O)[nH]c2ccccc12. The van der Waals surface area contributed by atoms with Crippen LogP contribution in [-0.4, -0.2) is 10.1 Å². The summed E-state index contributed by atoms with van der Waals surface area (Å²) < 4.78 is 0. The van der Waals surface area contributed by atoms with Crippen LogP contribution in [0.5, 0.6) is 0 Å². The Labute approximate surface area is 83.6 Å². The number of aryl methyl sites for hydroxylation is 1. The third-order valence-electron chi connectivity index (χ3n) is 2.58. The van der Waals surface area contributed by atoms with Crippen molar-refractivity contribution in [2.45, 2.75) is 26.4 Å². The minimum atomic E-state index is -0.802. The van der Waals surface area contributed by atoms with Gasteiger partial charge in [-0.05, 0) is 32.4 Å². The first-order chi connectivity index (χ1) is 6.50. The molecule has 0 aliphatic rings. The van der Waals surface area contributed by atoms with Gasteiger partial charge in [0, 0.05) is 10.9 Å². The fraction of sp³-hybridized carbons (Fsp3) is 0.333. The average molecular weight is 189 g/mol. The molecule has 0 spiro atoms. The van der Waals surface area contributed by atoms with Crippen molar-refractivity contribution in [3.63, 3.8) is 0 Å². The Morgan fingerprint density at radius 3 is 2.43 bits per heavy atom. The van der Waals surface area contributed by atoms with Crippen molar-refractivity contribution in [3.05, 3.63) is 35.5 Å². The maximum atomic E-state index is 9.94. The number of hydrogen-bond donors (Lipinski definition) is 2. The summed E-state index contributed by atoms with van der Waals surface area (Å²) in [7, 11) is 0. The number of aromatic nitrogens is 1. The third-order valence-corrected chi connectivity index (χ3v) is 2.58. The number of aliphatic hydroxyl groups is 1. The second-order valence-corrected chi connectivity index (χ2v) is 4.23. The van der Waals surface area contributed by atoms with Gasteiger partial charge in [-0.3, -0.25) is 0 Å². The molecule has 2 rings (SSSR count). The zero-order valence-electron chi connectivity index (χ0n) is 8.76. The molecule has 74 valence electrons. The zero-order chi connectivity index (χ0) is 10.3. The van der Waals surface area contributed by atoms with Gasteiger partial charge >= 0.3 is 0 Å². The van der Waals surface area contributed by atoms with Gasteiger partial charge in [-0.2, -0.15) is 0 Å².